The van der Waals surface area contributed by atoms with E-state index in [0.717, 1.165) is 6.20 Å². The number of hydrogen-bond acceptors (Lipinski definition) is 3. The molecule has 0 aliphatic rings. The molecule has 14 heavy (non-hydrogen) atoms. The average molecular weight is 222 g/mol. The lowest BCUT2D eigenvalue weighted by Gasteiger charge is -2.07. The lowest BCUT2D eigenvalue weighted by Crippen LogP contribution is -2.17. The maximum atomic E-state index is 12.4. The van der Waals surface area contributed by atoms with E-state index in [2.05, 4.69) is 4.98 Å². The number of nitrogens with two attached hydrogens (primary N) is 1. The Balaban J connectivity index is 3.54. The van der Waals surface area contributed by atoms with Crippen LogP contribution < -0.4 is 5.14 Å². The fourth-order valence-electron chi connectivity index (χ4n) is 1.09. The first-order valence-corrected chi connectivity index (χ1v) is 5.15. The Kier molecular flexibility index (Phi) is 2.81. The van der Waals surface area contributed by atoms with E-state index in [4.69, 9.17) is 5.14 Å². The van der Waals surface area contributed by atoms with Crippen molar-refractivity contribution >= 4 is 10.0 Å². The summed E-state index contributed by atoms with van der Waals surface area (Å²) in [6, 6.07) is 1.31. The molecule has 0 aliphatic heterocycles. The molecule has 0 saturated carbocycles. The summed E-state index contributed by atoms with van der Waals surface area (Å²) < 4.78 is 46.7. The van der Waals surface area contributed by atoms with E-state index in [-0.39, 0.29) is 5.56 Å². The van der Waals surface area contributed by atoms with Gasteiger partial charge in [0.1, 0.15) is 10.6 Å². The molecule has 1 aromatic rings. The molecule has 0 unspecified atom stereocenters. The van der Waals surface area contributed by atoms with Gasteiger partial charge in [0.05, 0.1) is 0 Å². The van der Waals surface area contributed by atoms with E-state index in [1.54, 1.807) is 0 Å². The topological polar surface area (TPSA) is 73.0 Å². The van der Waals surface area contributed by atoms with Crippen molar-refractivity contribution in [3.63, 3.8) is 0 Å². The third-order valence-corrected chi connectivity index (χ3v) is 2.72. The highest BCUT2D eigenvalue weighted by molar-refractivity contribution is 7.89. The number of rotatable bonds is 2. The van der Waals surface area contributed by atoms with Gasteiger partial charge >= 0.3 is 0 Å². The summed E-state index contributed by atoms with van der Waals surface area (Å²) in [5, 5.41) is 4.80. The normalized spacial score (nSPS) is 12.1. The number of primary sulfonamides is 1. The second-order valence-corrected chi connectivity index (χ2v) is 4.19. The van der Waals surface area contributed by atoms with E-state index in [0.29, 0.717) is 0 Å². The number of nitrogens with zero attached hydrogens (tertiary/aromatic N) is 1. The van der Waals surface area contributed by atoms with Gasteiger partial charge < -0.3 is 0 Å². The molecule has 0 bridgehead atoms. The minimum atomic E-state index is -4.15. The Labute approximate surface area is 79.8 Å². The minimum Gasteiger partial charge on any atom is -0.254 e. The van der Waals surface area contributed by atoms with E-state index in [9.17, 15) is 17.2 Å². The minimum absolute atomic E-state index is 0.165. The lowest BCUT2D eigenvalue weighted by atomic mass is 10.2. The van der Waals surface area contributed by atoms with Crippen molar-refractivity contribution in [1.82, 2.24) is 4.98 Å². The Morgan fingerprint density at radius 3 is 2.43 bits per heavy atom. The second-order valence-electron chi connectivity index (χ2n) is 2.69. The number of alkyl halides is 2. The van der Waals surface area contributed by atoms with Gasteiger partial charge in [0, 0.05) is 6.20 Å². The summed E-state index contributed by atoms with van der Waals surface area (Å²) in [6.45, 7) is 1.38. The fourth-order valence-corrected chi connectivity index (χ4v) is 2.04. The summed E-state index contributed by atoms with van der Waals surface area (Å²) >= 11 is 0. The van der Waals surface area contributed by atoms with Crippen molar-refractivity contribution in [2.24, 2.45) is 5.14 Å². The van der Waals surface area contributed by atoms with Gasteiger partial charge in [-0.25, -0.2) is 22.3 Å². The molecule has 1 aromatic heterocycles. The molecule has 1 heterocycles. The zero-order valence-corrected chi connectivity index (χ0v) is 8.05. The summed E-state index contributed by atoms with van der Waals surface area (Å²) in [5.74, 6) is 0. The van der Waals surface area contributed by atoms with Gasteiger partial charge in [-0.15, -0.1) is 0 Å². The molecule has 7 heteroatoms. The maximum absolute atomic E-state index is 12.4. The van der Waals surface area contributed by atoms with Gasteiger partial charge in [-0.2, -0.15) is 0 Å². The third kappa shape index (κ3) is 2.05. The molecule has 0 fully saturated rings. The van der Waals surface area contributed by atoms with Crippen LogP contribution in [0.2, 0.25) is 0 Å². The van der Waals surface area contributed by atoms with Crippen LogP contribution >= 0.6 is 0 Å². The third-order valence-electron chi connectivity index (χ3n) is 1.62. The van der Waals surface area contributed by atoms with Crippen molar-refractivity contribution < 1.29 is 17.2 Å². The van der Waals surface area contributed by atoms with E-state index >= 15 is 0 Å². The van der Waals surface area contributed by atoms with Crippen LogP contribution in [0.25, 0.3) is 0 Å². The quantitative estimate of drug-likeness (QED) is 0.810. The smallest absolute Gasteiger partial charge is 0.254 e. The molecule has 0 aromatic carbocycles. The van der Waals surface area contributed by atoms with Crippen LogP contribution in [0.1, 0.15) is 17.7 Å². The first-order chi connectivity index (χ1) is 6.34. The lowest BCUT2D eigenvalue weighted by molar-refractivity contribution is 0.142. The molecule has 0 spiro atoms. The predicted octanol–water partition coefficient (Wildman–Crippen LogP) is 0.975. The molecular weight excluding hydrogens is 214 g/mol. The zero-order chi connectivity index (χ0) is 10.9. The molecule has 1 rings (SSSR count). The molecule has 78 valence electrons. The molecule has 0 aliphatic carbocycles. The van der Waals surface area contributed by atoms with Gasteiger partial charge in [0.2, 0.25) is 10.0 Å². The van der Waals surface area contributed by atoms with Gasteiger partial charge in [-0.3, -0.25) is 4.98 Å². The molecule has 0 radical (unpaired) electrons. The Bertz CT molecular complexity index is 445. The van der Waals surface area contributed by atoms with Crippen LogP contribution in [0, 0.1) is 6.92 Å². The molecule has 0 atom stereocenters. The van der Waals surface area contributed by atoms with Crippen molar-refractivity contribution in [3.05, 3.63) is 23.5 Å². The monoisotopic (exact) mass is 222 g/mol. The number of aromatic nitrogens is 1. The van der Waals surface area contributed by atoms with E-state index in [1.807, 2.05) is 0 Å². The van der Waals surface area contributed by atoms with E-state index in [1.165, 1.54) is 13.0 Å². The van der Waals surface area contributed by atoms with Crippen LogP contribution in [0.4, 0.5) is 8.78 Å². The maximum Gasteiger partial charge on any atom is 0.281 e. The summed E-state index contributed by atoms with van der Waals surface area (Å²) in [6.07, 6.45) is -1.84. The molecule has 0 amide bonds. The highest BCUT2D eigenvalue weighted by Crippen LogP contribution is 2.25. The standard InChI is InChI=1S/C7H8F2N2O2S/c1-4-2-3-11-5(7(8)9)6(4)14(10,12)13/h2-3,7H,1H3,(H2,10,12,13). The van der Waals surface area contributed by atoms with Crippen LogP contribution in [0.3, 0.4) is 0 Å². The molecule has 4 nitrogen and oxygen atoms in total. The van der Waals surface area contributed by atoms with Crippen molar-refractivity contribution in [3.8, 4) is 0 Å². The Hall–Kier alpha value is -1.08. The van der Waals surface area contributed by atoms with Crippen molar-refractivity contribution in [1.29, 1.82) is 0 Å². The summed E-state index contributed by atoms with van der Waals surface area (Å²) in [7, 11) is -4.15. The SMILES string of the molecule is Cc1ccnc(C(F)F)c1S(N)(=O)=O. The number of hydrogen-bond donors (Lipinski definition) is 1. The van der Waals surface area contributed by atoms with Gasteiger partial charge in [0.25, 0.3) is 6.43 Å². The summed E-state index contributed by atoms with van der Waals surface area (Å²) in [5.41, 5.74) is -0.634. The van der Waals surface area contributed by atoms with Crippen molar-refractivity contribution in [2.75, 3.05) is 0 Å². The number of aryl methyl sites for hydroxylation is 1. The largest absolute Gasteiger partial charge is 0.281 e. The summed E-state index contributed by atoms with van der Waals surface area (Å²) in [4.78, 5) is 2.71. The number of sulfonamides is 1. The van der Waals surface area contributed by atoms with Gasteiger partial charge in [0.15, 0.2) is 0 Å². The molecule has 2 N–H and O–H groups in total. The van der Waals surface area contributed by atoms with Crippen LogP contribution in [-0.2, 0) is 10.0 Å². The van der Waals surface area contributed by atoms with Crippen LogP contribution in [0.5, 0.6) is 0 Å². The van der Waals surface area contributed by atoms with Crippen molar-refractivity contribution in [2.45, 2.75) is 18.2 Å². The zero-order valence-electron chi connectivity index (χ0n) is 7.24. The van der Waals surface area contributed by atoms with Gasteiger partial charge in [-0.1, -0.05) is 0 Å². The second kappa shape index (κ2) is 3.58. The van der Waals surface area contributed by atoms with Crippen LogP contribution in [-0.4, -0.2) is 13.4 Å². The highest BCUT2D eigenvalue weighted by atomic mass is 32.2. The van der Waals surface area contributed by atoms with Crippen LogP contribution in [0.15, 0.2) is 17.2 Å². The average Bonchev–Trinajstić information content (AvgIpc) is 2.01. The molecular formula is C7H8F2N2O2S. The van der Waals surface area contributed by atoms with Gasteiger partial charge in [-0.05, 0) is 18.6 Å². The number of pyridine rings is 1. The highest BCUT2D eigenvalue weighted by Gasteiger charge is 2.23. The first kappa shape index (κ1) is 11.0. The number of halogens is 2. The predicted molar refractivity (Wildman–Crippen MR) is 45.3 cm³/mol. The first-order valence-electron chi connectivity index (χ1n) is 3.60. The Morgan fingerprint density at radius 2 is 2.07 bits per heavy atom. The van der Waals surface area contributed by atoms with E-state index < -0.39 is 27.0 Å². The Morgan fingerprint density at radius 1 is 1.50 bits per heavy atom. The fraction of sp³-hybridized carbons (Fsp3) is 0.286. The molecule has 0 saturated heterocycles.